The van der Waals surface area contributed by atoms with Gasteiger partial charge >= 0.3 is 0 Å². The lowest BCUT2D eigenvalue weighted by Crippen LogP contribution is -2.38. The maximum Gasteiger partial charge on any atom is 0.269 e. The first-order valence-corrected chi connectivity index (χ1v) is 7.79. The molecule has 0 saturated heterocycles. The van der Waals surface area contributed by atoms with E-state index in [1.165, 1.54) is 11.1 Å². The monoisotopic (exact) mass is 298 g/mol. The topological polar surface area (TPSA) is 61.0 Å². The van der Waals surface area contributed by atoms with Gasteiger partial charge in [0, 0.05) is 32.4 Å². The van der Waals surface area contributed by atoms with Crippen molar-refractivity contribution < 1.29 is 4.79 Å². The second kappa shape index (κ2) is 6.75. The summed E-state index contributed by atoms with van der Waals surface area (Å²) in [6.45, 7) is 5.95. The number of fused-ring (bicyclic) bond motifs is 1. The fraction of sp³-hybridized carbons (Fsp3) is 0.412. The van der Waals surface area contributed by atoms with Crippen molar-refractivity contribution in [2.24, 2.45) is 5.92 Å². The Balaban J connectivity index is 1.46. The van der Waals surface area contributed by atoms with E-state index in [1.54, 1.807) is 12.3 Å². The van der Waals surface area contributed by atoms with Crippen LogP contribution in [0.5, 0.6) is 0 Å². The van der Waals surface area contributed by atoms with E-state index in [-0.39, 0.29) is 5.91 Å². The molecule has 0 bridgehead atoms. The van der Waals surface area contributed by atoms with Crippen LogP contribution in [0.1, 0.15) is 28.5 Å². The Bertz CT molecular complexity index is 623. The molecular weight excluding hydrogens is 276 g/mol. The molecular formula is C17H22N4O. The minimum Gasteiger partial charge on any atom is -0.350 e. The number of hydrogen-bond donors (Lipinski definition) is 2. The summed E-state index contributed by atoms with van der Waals surface area (Å²) < 4.78 is 0. The molecule has 5 nitrogen and oxygen atoms in total. The molecule has 1 atom stereocenters. The SMILES string of the molecule is CC(CNC(=O)c1ccn[nH]1)CN1CCc2ccccc2C1. The van der Waals surface area contributed by atoms with Crippen LogP contribution < -0.4 is 5.32 Å². The number of aromatic amines is 1. The largest absolute Gasteiger partial charge is 0.350 e. The summed E-state index contributed by atoms with van der Waals surface area (Å²) in [6, 6.07) is 10.3. The first kappa shape index (κ1) is 14.8. The van der Waals surface area contributed by atoms with E-state index in [1.807, 2.05) is 0 Å². The van der Waals surface area contributed by atoms with Crippen LogP contribution in [0.3, 0.4) is 0 Å². The van der Waals surface area contributed by atoms with Gasteiger partial charge in [-0.3, -0.25) is 14.8 Å². The quantitative estimate of drug-likeness (QED) is 0.885. The van der Waals surface area contributed by atoms with Crippen molar-refractivity contribution in [3.63, 3.8) is 0 Å². The maximum absolute atomic E-state index is 11.9. The molecule has 2 aromatic rings. The Morgan fingerprint density at radius 1 is 1.36 bits per heavy atom. The summed E-state index contributed by atoms with van der Waals surface area (Å²) in [7, 11) is 0. The first-order valence-electron chi connectivity index (χ1n) is 7.79. The average Bonchev–Trinajstić information content (AvgIpc) is 3.07. The highest BCUT2D eigenvalue weighted by Gasteiger charge is 2.18. The van der Waals surface area contributed by atoms with Crippen LogP contribution in [-0.4, -0.2) is 40.6 Å². The van der Waals surface area contributed by atoms with Crippen molar-refractivity contribution in [3.8, 4) is 0 Å². The number of benzene rings is 1. The Morgan fingerprint density at radius 2 is 2.18 bits per heavy atom. The van der Waals surface area contributed by atoms with E-state index < -0.39 is 0 Å². The molecule has 0 fully saturated rings. The molecule has 1 aliphatic rings. The van der Waals surface area contributed by atoms with Gasteiger partial charge in [-0.25, -0.2) is 0 Å². The third kappa shape index (κ3) is 3.54. The molecule has 0 spiro atoms. The summed E-state index contributed by atoms with van der Waals surface area (Å²) in [6.07, 6.45) is 2.70. The number of hydrogen-bond acceptors (Lipinski definition) is 3. The standard InChI is InChI=1S/C17H22N4O/c1-13(10-18-17(22)16-6-8-19-20-16)11-21-9-7-14-4-2-3-5-15(14)12-21/h2-6,8,13H,7,9-12H2,1H3,(H,18,22)(H,19,20). The lowest BCUT2D eigenvalue weighted by molar-refractivity contribution is 0.0938. The summed E-state index contributed by atoms with van der Waals surface area (Å²) >= 11 is 0. The molecule has 3 rings (SSSR count). The number of H-pyrrole nitrogens is 1. The minimum absolute atomic E-state index is 0.0895. The Hall–Kier alpha value is -2.14. The lowest BCUT2D eigenvalue weighted by atomic mass is 9.99. The van der Waals surface area contributed by atoms with Gasteiger partial charge in [0.15, 0.2) is 0 Å². The van der Waals surface area contributed by atoms with Gasteiger partial charge in [0.2, 0.25) is 0 Å². The average molecular weight is 298 g/mol. The zero-order valence-electron chi connectivity index (χ0n) is 12.9. The number of nitrogens with zero attached hydrogens (tertiary/aromatic N) is 2. The molecule has 1 unspecified atom stereocenters. The van der Waals surface area contributed by atoms with Crippen LogP contribution in [-0.2, 0) is 13.0 Å². The molecule has 1 aliphatic heterocycles. The Morgan fingerprint density at radius 3 is 2.95 bits per heavy atom. The highest BCUT2D eigenvalue weighted by molar-refractivity contribution is 5.92. The molecule has 1 aromatic heterocycles. The normalized spacial score (nSPS) is 16.0. The number of nitrogens with one attached hydrogen (secondary N) is 2. The summed E-state index contributed by atoms with van der Waals surface area (Å²) in [5, 5.41) is 9.43. The Labute approximate surface area is 130 Å². The molecule has 116 valence electrons. The molecule has 1 aromatic carbocycles. The second-order valence-corrected chi connectivity index (χ2v) is 6.04. The van der Waals surface area contributed by atoms with Crippen molar-refractivity contribution in [3.05, 3.63) is 53.3 Å². The predicted octanol–water partition coefficient (Wildman–Crippen LogP) is 1.83. The van der Waals surface area contributed by atoms with Gasteiger partial charge in [0.25, 0.3) is 5.91 Å². The maximum atomic E-state index is 11.9. The van der Waals surface area contributed by atoms with E-state index in [0.717, 1.165) is 26.1 Å². The van der Waals surface area contributed by atoms with Crippen LogP contribution in [0.2, 0.25) is 0 Å². The fourth-order valence-electron chi connectivity index (χ4n) is 2.96. The van der Waals surface area contributed by atoms with Crippen LogP contribution >= 0.6 is 0 Å². The zero-order valence-corrected chi connectivity index (χ0v) is 12.9. The van der Waals surface area contributed by atoms with E-state index in [4.69, 9.17) is 0 Å². The van der Waals surface area contributed by atoms with Gasteiger partial charge in [0.1, 0.15) is 5.69 Å². The third-order valence-electron chi connectivity index (χ3n) is 4.14. The predicted molar refractivity (Wildman–Crippen MR) is 85.5 cm³/mol. The minimum atomic E-state index is -0.0895. The zero-order chi connectivity index (χ0) is 15.4. The molecule has 1 amide bonds. The van der Waals surface area contributed by atoms with E-state index in [0.29, 0.717) is 18.2 Å². The van der Waals surface area contributed by atoms with Crippen LogP contribution in [0, 0.1) is 5.92 Å². The van der Waals surface area contributed by atoms with E-state index in [2.05, 4.69) is 51.6 Å². The number of amides is 1. The van der Waals surface area contributed by atoms with Gasteiger partial charge in [-0.2, -0.15) is 5.10 Å². The third-order valence-corrected chi connectivity index (χ3v) is 4.14. The molecule has 0 radical (unpaired) electrons. The molecule has 0 aliphatic carbocycles. The smallest absolute Gasteiger partial charge is 0.269 e. The number of carbonyl (C=O) groups excluding carboxylic acids is 1. The molecule has 2 N–H and O–H groups in total. The van der Waals surface area contributed by atoms with Gasteiger partial charge in [-0.1, -0.05) is 31.2 Å². The first-order chi connectivity index (χ1) is 10.7. The van der Waals surface area contributed by atoms with Crippen LogP contribution in [0.4, 0.5) is 0 Å². The van der Waals surface area contributed by atoms with E-state index in [9.17, 15) is 4.79 Å². The fourth-order valence-corrected chi connectivity index (χ4v) is 2.96. The Kier molecular flexibility index (Phi) is 4.53. The van der Waals surface area contributed by atoms with Crippen molar-refractivity contribution in [1.29, 1.82) is 0 Å². The summed E-state index contributed by atoms with van der Waals surface area (Å²) in [4.78, 5) is 14.3. The lowest BCUT2D eigenvalue weighted by Gasteiger charge is -2.30. The highest BCUT2D eigenvalue weighted by Crippen LogP contribution is 2.19. The molecule has 22 heavy (non-hydrogen) atoms. The molecule has 0 saturated carbocycles. The van der Waals surface area contributed by atoms with Gasteiger partial charge < -0.3 is 5.32 Å². The summed E-state index contributed by atoms with van der Waals surface area (Å²) in [5.41, 5.74) is 3.42. The van der Waals surface area contributed by atoms with Crippen LogP contribution in [0.15, 0.2) is 36.5 Å². The number of rotatable bonds is 5. The molecule has 2 heterocycles. The van der Waals surface area contributed by atoms with E-state index >= 15 is 0 Å². The van der Waals surface area contributed by atoms with Crippen molar-refractivity contribution >= 4 is 5.91 Å². The van der Waals surface area contributed by atoms with Gasteiger partial charge in [-0.15, -0.1) is 0 Å². The molecule has 5 heteroatoms. The highest BCUT2D eigenvalue weighted by atomic mass is 16.1. The number of aromatic nitrogens is 2. The van der Waals surface area contributed by atoms with Crippen molar-refractivity contribution in [2.75, 3.05) is 19.6 Å². The van der Waals surface area contributed by atoms with Crippen LogP contribution in [0.25, 0.3) is 0 Å². The van der Waals surface area contributed by atoms with Gasteiger partial charge in [0.05, 0.1) is 0 Å². The van der Waals surface area contributed by atoms with Gasteiger partial charge in [-0.05, 0) is 29.5 Å². The van der Waals surface area contributed by atoms with Crippen molar-refractivity contribution in [2.45, 2.75) is 19.9 Å². The second-order valence-electron chi connectivity index (χ2n) is 6.04. The summed E-state index contributed by atoms with van der Waals surface area (Å²) in [5.74, 6) is 0.325. The number of carbonyl (C=O) groups is 1. The van der Waals surface area contributed by atoms with Crippen molar-refractivity contribution in [1.82, 2.24) is 20.4 Å².